The molecule has 134 valence electrons. The highest BCUT2D eigenvalue weighted by molar-refractivity contribution is 7.09. The van der Waals surface area contributed by atoms with E-state index in [2.05, 4.69) is 14.7 Å². The van der Waals surface area contributed by atoms with E-state index in [0.717, 1.165) is 17.9 Å². The van der Waals surface area contributed by atoms with Crippen LogP contribution in [-0.4, -0.2) is 45.2 Å². The molecule has 24 heavy (non-hydrogen) atoms. The average molecular weight is 358 g/mol. The van der Waals surface area contributed by atoms with E-state index in [4.69, 9.17) is 0 Å². The van der Waals surface area contributed by atoms with Crippen LogP contribution in [0.15, 0.2) is 0 Å². The quantitative estimate of drug-likeness (QED) is 0.898. The molecule has 0 aromatic carbocycles. The average Bonchev–Trinajstić information content (AvgIpc) is 3.20. The van der Waals surface area contributed by atoms with E-state index in [0.29, 0.717) is 25.9 Å². The maximum atomic E-state index is 13.9. The number of alkyl halides is 2. The Hall–Kier alpha value is -1.31. The predicted octanol–water partition coefficient (Wildman–Crippen LogP) is 3.18. The van der Waals surface area contributed by atoms with Crippen molar-refractivity contribution in [3.8, 4) is 0 Å². The van der Waals surface area contributed by atoms with Gasteiger partial charge in [0.1, 0.15) is 11.2 Å². The molecule has 2 aliphatic rings. The first-order valence-corrected chi connectivity index (χ1v) is 9.15. The summed E-state index contributed by atoms with van der Waals surface area (Å²) in [6, 6.07) is 0.152. The Bertz CT molecular complexity index is 614. The summed E-state index contributed by atoms with van der Waals surface area (Å²) in [5, 5.41) is 4.18. The number of piperidine rings is 1. The van der Waals surface area contributed by atoms with Crippen LogP contribution in [-0.2, 0) is 4.79 Å². The summed E-state index contributed by atoms with van der Waals surface area (Å²) >= 11 is 1.32. The van der Waals surface area contributed by atoms with E-state index in [1.165, 1.54) is 11.5 Å². The van der Waals surface area contributed by atoms with Crippen LogP contribution >= 0.6 is 11.5 Å². The molecule has 1 aromatic rings. The number of carbonyl (C=O) groups excluding carboxylic acids is 1. The van der Waals surface area contributed by atoms with Gasteiger partial charge in [0, 0.05) is 37.6 Å². The maximum absolute atomic E-state index is 13.9. The molecule has 0 bridgehead atoms. The van der Waals surface area contributed by atoms with E-state index >= 15 is 0 Å². The Balaban J connectivity index is 1.68. The van der Waals surface area contributed by atoms with Crippen molar-refractivity contribution >= 4 is 22.6 Å². The van der Waals surface area contributed by atoms with Crippen LogP contribution < -0.4 is 5.32 Å². The molecular formula is C16H24F2N4OS. The monoisotopic (exact) mass is 358 g/mol. The standard InChI is InChI=1S/C16H24F2N4OS/c1-9-7-22(13(23)16(5-6-16)15(4,17)18)8-10(2)12(9)20-14-19-11(3)21-24-14/h9-10,12H,5-8H2,1-4H3,(H,19,20,21). The molecule has 1 saturated carbocycles. The number of nitrogens with one attached hydrogen (secondary N) is 1. The first-order valence-electron chi connectivity index (χ1n) is 8.38. The largest absolute Gasteiger partial charge is 0.357 e. The molecule has 8 heteroatoms. The molecule has 2 unspecified atom stereocenters. The molecule has 1 aliphatic heterocycles. The third-order valence-electron chi connectivity index (χ3n) is 5.35. The number of nitrogens with zero attached hydrogens (tertiary/aromatic N) is 3. The van der Waals surface area contributed by atoms with Crippen molar-refractivity contribution in [1.82, 2.24) is 14.3 Å². The molecule has 2 fully saturated rings. The fourth-order valence-electron chi connectivity index (χ4n) is 3.77. The predicted molar refractivity (Wildman–Crippen MR) is 89.3 cm³/mol. The van der Waals surface area contributed by atoms with Crippen molar-refractivity contribution in [1.29, 1.82) is 0 Å². The Kier molecular flexibility index (Phi) is 4.30. The molecule has 1 aliphatic carbocycles. The van der Waals surface area contributed by atoms with Crippen molar-refractivity contribution in [2.45, 2.75) is 52.5 Å². The number of amides is 1. The van der Waals surface area contributed by atoms with Gasteiger partial charge in [-0.2, -0.15) is 4.37 Å². The van der Waals surface area contributed by atoms with E-state index in [1.807, 2.05) is 20.8 Å². The molecule has 1 amide bonds. The molecule has 5 nitrogen and oxygen atoms in total. The number of anilines is 1. The zero-order valence-electron chi connectivity index (χ0n) is 14.5. The topological polar surface area (TPSA) is 58.1 Å². The lowest BCUT2D eigenvalue weighted by atomic mass is 9.84. The third kappa shape index (κ3) is 3.00. The van der Waals surface area contributed by atoms with Crippen LogP contribution in [0.25, 0.3) is 0 Å². The zero-order chi connectivity index (χ0) is 17.7. The van der Waals surface area contributed by atoms with E-state index in [9.17, 15) is 13.6 Å². The van der Waals surface area contributed by atoms with Gasteiger partial charge in [-0.15, -0.1) is 0 Å². The van der Waals surface area contributed by atoms with Gasteiger partial charge in [-0.05, 0) is 31.6 Å². The number of aromatic nitrogens is 2. The molecule has 1 saturated heterocycles. The second kappa shape index (κ2) is 5.89. The summed E-state index contributed by atoms with van der Waals surface area (Å²) in [6.45, 7) is 7.80. The Morgan fingerprint density at radius 2 is 1.92 bits per heavy atom. The van der Waals surface area contributed by atoms with Crippen LogP contribution in [0, 0.1) is 24.2 Å². The van der Waals surface area contributed by atoms with Gasteiger partial charge >= 0.3 is 0 Å². The molecule has 0 radical (unpaired) electrons. The number of carbonyl (C=O) groups is 1. The Morgan fingerprint density at radius 1 is 1.33 bits per heavy atom. The first kappa shape index (κ1) is 17.5. The molecule has 2 heterocycles. The van der Waals surface area contributed by atoms with Gasteiger partial charge in [0.25, 0.3) is 5.92 Å². The molecule has 1 N–H and O–H groups in total. The summed E-state index contributed by atoms with van der Waals surface area (Å²) in [7, 11) is 0. The third-order valence-corrected chi connectivity index (χ3v) is 6.09. The highest BCUT2D eigenvalue weighted by atomic mass is 32.1. The van der Waals surface area contributed by atoms with Crippen LogP contribution in [0.2, 0.25) is 0 Å². The highest BCUT2D eigenvalue weighted by Crippen LogP contribution is 2.58. The summed E-state index contributed by atoms with van der Waals surface area (Å²) in [5.74, 6) is -2.28. The Morgan fingerprint density at radius 3 is 2.33 bits per heavy atom. The lowest BCUT2D eigenvalue weighted by Crippen LogP contribution is -2.55. The van der Waals surface area contributed by atoms with Gasteiger partial charge in [0.15, 0.2) is 0 Å². The van der Waals surface area contributed by atoms with Gasteiger partial charge < -0.3 is 10.2 Å². The number of hydrogen-bond donors (Lipinski definition) is 1. The second-order valence-corrected chi connectivity index (χ2v) is 8.20. The van der Waals surface area contributed by atoms with Gasteiger partial charge in [-0.1, -0.05) is 13.8 Å². The van der Waals surface area contributed by atoms with Gasteiger partial charge in [-0.3, -0.25) is 4.79 Å². The number of likely N-dealkylation sites (tertiary alicyclic amines) is 1. The smallest absolute Gasteiger partial charge is 0.259 e. The van der Waals surface area contributed by atoms with Crippen molar-refractivity contribution in [3.05, 3.63) is 5.82 Å². The molecule has 0 spiro atoms. The molecular weight excluding hydrogens is 334 g/mol. The van der Waals surface area contributed by atoms with Crippen molar-refractivity contribution in [3.63, 3.8) is 0 Å². The fraction of sp³-hybridized carbons (Fsp3) is 0.812. The minimum atomic E-state index is -2.95. The van der Waals surface area contributed by atoms with E-state index in [-0.39, 0.29) is 23.8 Å². The van der Waals surface area contributed by atoms with Crippen LogP contribution in [0.5, 0.6) is 0 Å². The van der Waals surface area contributed by atoms with Crippen LogP contribution in [0.1, 0.15) is 39.4 Å². The zero-order valence-corrected chi connectivity index (χ0v) is 15.3. The van der Waals surface area contributed by atoms with E-state index in [1.54, 1.807) is 4.90 Å². The SMILES string of the molecule is Cc1nsc(NC2C(C)CN(C(=O)C3(C(C)(F)F)CC3)CC2C)n1. The maximum Gasteiger partial charge on any atom is 0.259 e. The summed E-state index contributed by atoms with van der Waals surface area (Å²) in [5.41, 5.74) is -1.46. The second-order valence-electron chi connectivity index (χ2n) is 7.45. The van der Waals surface area contributed by atoms with Gasteiger partial charge in [0.2, 0.25) is 11.0 Å². The van der Waals surface area contributed by atoms with Crippen LogP contribution in [0.4, 0.5) is 13.9 Å². The van der Waals surface area contributed by atoms with Crippen molar-refractivity contribution < 1.29 is 13.6 Å². The summed E-state index contributed by atoms with van der Waals surface area (Å²) < 4.78 is 31.9. The van der Waals surface area contributed by atoms with Crippen molar-refractivity contribution in [2.75, 3.05) is 18.4 Å². The number of hydrogen-bond acceptors (Lipinski definition) is 5. The number of halogens is 2. The number of aryl methyl sites for hydroxylation is 1. The normalized spacial score (nSPS) is 29.4. The summed E-state index contributed by atoms with van der Waals surface area (Å²) in [4.78, 5) is 18.7. The minimum Gasteiger partial charge on any atom is -0.357 e. The highest BCUT2D eigenvalue weighted by Gasteiger charge is 2.65. The minimum absolute atomic E-state index is 0.152. The van der Waals surface area contributed by atoms with Gasteiger partial charge in [-0.25, -0.2) is 13.8 Å². The van der Waals surface area contributed by atoms with E-state index < -0.39 is 11.3 Å². The molecule has 3 rings (SSSR count). The number of rotatable bonds is 4. The lowest BCUT2D eigenvalue weighted by molar-refractivity contribution is -0.155. The molecule has 1 aromatic heterocycles. The lowest BCUT2D eigenvalue weighted by Gasteiger charge is -2.43. The fourth-order valence-corrected chi connectivity index (χ4v) is 4.40. The molecule has 2 atom stereocenters. The van der Waals surface area contributed by atoms with Gasteiger partial charge in [0.05, 0.1) is 0 Å². The van der Waals surface area contributed by atoms with Crippen LogP contribution in [0.3, 0.4) is 0 Å². The first-order chi connectivity index (χ1) is 11.1. The Labute approximate surface area is 145 Å². The summed E-state index contributed by atoms with van der Waals surface area (Å²) in [6.07, 6.45) is 0.584. The van der Waals surface area contributed by atoms with Crippen molar-refractivity contribution in [2.24, 2.45) is 17.3 Å².